The minimum Gasteiger partial charge on any atom is -0.369 e. The molecule has 9 heteroatoms. The molecule has 180 valence electrons. The Morgan fingerprint density at radius 3 is 2.27 bits per heavy atom. The number of rotatable bonds is 8. The van der Waals surface area contributed by atoms with E-state index in [1.807, 2.05) is 19.0 Å². The summed E-state index contributed by atoms with van der Waals surface area (Å²) in [6, 6.07) is 12.6. The van der Waals surface area contributed by atoms with Crippen LogP contribution >= 0.6 is 0 Å². The summed E-state index contributed by atoms with van der Waals surface area (Å²) in [7, 11) is 0.214. The molecule has 0 spiro atoms. The van der Waals surface area contributed by atoms with Crippen molar-refractivity contribution in [1.29, 1.82) is 0 Å². The molecule has 1 N–H and O–H groups in total. The van der Waals surface area contributed by atoms with Crippen LogP contribution < -0.4 is 10.2 Å². The second-order valence-corrected chi connectivity index (χ2v) is 10.8. The van der Waals surface area contributed by atoms with Gasteiger partial charge in [0.2, 0.25) is 10.0 Å². The Hall–Kier alpha value is -2.49. The van der Waals surface area contributed by atoms with E-state index in [9.17, 15) is 17.6 Å². The third-order valence-electron chi connectivity index (χ3n) is 6.07. The fourth-order valence-electron chi connectivity index (χ4n) is 4.10. The van der Waals surface area contributed by atoms with Gasteiger partial charge in [-0.25, -0.2) is 12.8 Å². The molecule has 1 unspecified atom stereocenters. The monoisotopic (exact) mass is 476 g/mol. The number of likely N-dealkylation sites (N-methyl/N-ethyl adjacent to an activating group) is 1. The number of amides is 1. The molecule has 0 bridgehead atoms. The van der Waals surface area contributed by atoms with Crippen molar-refractivity contribution < 1.29 is 17.6 Å². The zero-order chi connectivity index (χ0) is 24.2. The highest BCUT2D eigenvalue weighted by molar-refractivity contribution is 7.89. The molecule has 1 fully saturated rings. The van der Waals surface area contributed by atoms with Crippen LogP contribution in [0.25, 0.3) is 0 Å². The SMILES string of the molecule is CC(C)C(CNC(=O)c1cccc(S(=O)(=O)N2CCN(c3ccc(F)cc3)CC2)c1)N(C)C. The van der Waals surface area contributed by atoms with E-state index in [4.69, 9.17) is 0 Å². The van der Waals surface area contributed by atoms with E-state index in [1.165, 1.54) is 28.6 Å². The van der Waals surface area contributed by atoms with Gasteiger partial charge in [-0.15, -0.1) is 0 Å². The molecule has 2 aromatic carbocycles. The first-order valence-electron chi connectivity index (χ1n) is 11.1. The highest BCUT2D eigenvalue weighted by Gasteiger charge is 2.29. The average Bonchev–Trinajstić information content (AvgIpc) is 2.79. The van der Waals surface area contributed by atoms with Crippen molar-refractivity contribution in [1.82, 2.24) is 14.5 Å². The first-order chi connectivity index (χ1) is 15.6. The maximum atomic E-state index is 13.2. The summed E-state index contributed by atoms with van der Waals surface area (Å²) in [6.45, 7) is 6.31. The first-order valence-corrected chi connectivity index (χ1v) is 12.6. The van der Waals surface area contributed by atoms with Crippen LogP contribution in [0.1, 0.15) is 24.2 Å². The van der Waals surface area contributed by atoms with Crippen LogP contribution in [0.5, 0.6) is 0 Å². The fraction of sp³-hybridized carbons (Fsp3) is 0.458. The van der Waals surface area contributed by atoms with E-state index in [2.05, 4.69) is 24.1 Å². The summed E-state index contributed by atoms with van der Waals surface area (Å²) in [5, 5.41) is 2.93. The van der Waals surface area contributed by atoms with Crippen LogP contribution in [0.2, 0.25) is 0 Å². The third kappa shape index (κ3) is 6.10. The van der Waals surface area contributed by atoms with Gasteiger partial charge in [-0.1, -0.05) is 19.9 Å². The molecule has 1 atom stereocenters. The van der Waals surface area contributed by atoms with Gasteiger partial charge in [0.15, 0.2) is 0 Å². The smallest absolute Gasteiger partial charge is 0.251 e. The number of nitrogens with one attached hydrogen (secondary N) is 1. The van der Waals surface area contributed by atoms with Crippen molar-refractivity contribution in [3.63, 3.8) is 0 Å². The Labute approximate surface area is 196 Å². The van der Waals surface area contributed by atoms with Crippen LogP contribution in [-0.4, -0.2) is 76.4 Å². The van der Waals surface area contributed by atoms with Crippen LogP contribution in [0.4, 0.5) is 10.1 Å². The van der Waals surface area contributed by atoms with Gasteiger partial charge < -0.3 is 15.1 Å². The second kappa shape index (κ2) is 10.6. The summed E-state index contributed by atoms with van der Waals surface area (Å²) < 4.78 is 41.0. The quantitative estimate of drug-likeness (QED) is 0.634. The van der Waals surface area contributed by atoms with Gasteiger partial charge in [0.25, 0.3) is 5.91 Å². The number of carbonyl (C=O) groups excluding carboxylic acids is 1. The number of anilines is 1. The number of benzene rings is 2. The Balaban J connectivity index is 1.66. The maximum absolute atomic E-state index is 13.2. The molecule has 0 radical (unpaired) electrons. The van der Waals surface area contributed by atoms with E-state index >= 15 is 0 Å². The number of halogens is 1. The third-order valence-corrected chi connectivity index (χ3v) is 7.96. The van der Waals surface area contributed by atoms with Gasteiger partial charge in [-0.3, -0.25) is 4.79 Å². The number of sulfonamides is 1. The van der Waals surface area contributed by atoms with E-state index in [1.54, 1.807) is 24.3 Å². The predicted molar refractivity (Wildman–Crippen MR) is 128 cm³/mol. The van der Waals surface area contributed by atoms with Gasteiger partial charge in [0.05, 0.1) is 4.90 Å². The van der Waals surface area contributed by atoms with E-state index in [0.29, 0.717) is 44.2 Å². The van der Waals surface area contributed by atoms with Crippen molar-refractivity contribution in [3.8, 4) is 0 Å². The summed E-state index contributed by atoms with van der Waals surface area (Å²) in [4.78, 5) is 16.9. The van der Waals surface area contributed by atoms with Crippen molar-refractivity contribution >= 4 is 21.6 Å². The molecule has 1 aliphatic heterocycles. The largest absolute Gasteiger partial charge is 0.369 e. The second-order valence-electron chi connectivity index (χ2n) is 8.88. The van der Waals surface area contributed by atoms with E-state index in [0.717, 1.165) is 5.69 Å². The standard InChI is InChI=1S/C24H33FN4O3S/c1-18(2)23(27(3)4)17-26-24(30)19-6-5-7-22(16-19)33(31,32)29-14-12-28(13-15-29)21-10-8-20(25)9-11-21/h5-11,16,18,23H,12-15,17H2,1-4H3,(H,26,30). The molecule has 0 aromatic heterocycles. The van der Waals surface area contributed by atoms with Crippen LogP contribution in [0.3, 0.4) is 0 Å². The van der Waals surface area contributed by atoms with Gasteiger partial charge in [0, 0.05) is 50.0 Å². The Kier molecular flexibility index (Phi) is 8.10. The lowest BCUT2D eigenvalue weighted by molar-refractivity contribution is 0.0934. The van der Waals surface area contributed by atoms with Gasteiger partial charge in [-0.05, 0) is 62.5 Å². The predicted octanol–water partition coefficient (Wildman–Crippen LogP) is 2.65. The van der Waals surface area contributed by atoms with Crippen molar-refractivity contribution in [2.75, 3.05) is 51.7 Å². The fourth-order valence-corrected chi connectivity index (χ4v) is 5.57. The number of carbonyl (C=O) groups is 1. The molecule has 0 saturated carbocycles. The number of hydrogen-bond donors (Lipinski definition) is 1. The summed E-state index contributed by atoms with van der Waals surface area (Å²) in [5.41, 5.74) is 1.19. The zero-order valence-corrected chi connectivity index (χ0v) is 20.5. The lowest BCUT2D eigenvalue weighted by Crippen LogP contribution is -2.48. The molecule has 33 heavy (non-hydrogen) atoms. The average molecular weight is 477 g/mol. The van der Waals surface area contributed by atoms with E-state index < -0.39 is 10.0 Å². The Morgan fingerprint density at radius 1 is 1.06 bits per heavy atom. The van der Waals surface area contributed by atoms with Crippen molar-refractivity contribution in [3.05, 3.63) is 59.9 Å². The number of nitrogens with zero attached hydrogens (tertiary/aromatic N) is 3. The molecule has 1 amide bonds. The molecule has 1 heterocycles. The minimum absolute atomic E-state index is 0.110. The minimum atomic E-state index is -3.73. The van der Waals surface area contributed by atoms with Gasteiger partial charge in [0.1, 0.15) is 5.82 Å². The van der Waals surface area contributed by atoms with E-state index in [-0.39, 0.29) is 22.7 Å². The van der Waals surface area contributed by atoms with Crippen LogP contribution in [-0.2, 0) is 10.0 Å². The molecule has 3 rings (SSSR count). The molecule has 7 nitrogen and oxygen atoms in total. The molecular weight excluding hydrogens is 443 g/mol. The lowest BCUT2D eigenvalue weighted by Gasteiger charge is -2.35. The molecule has 2 aromatic rings. The highest BCUT2D eigenvalue weighted by Crippen LogP contribution is 2.22. The van der Waals surface area contributed by atoms with Crippen LogP contribution in [0.15, 0.2) is 53.4 Å². The number of hydrogen-bond acceptors (Lipinski definition) is 5. The Morgan fingerprint density at radius 2 is 1.70 bits per heavy atom. The zero-order valence-electron chi connectivity index (χ0n) is 19.7. The number of piperazine rings is 1. The van der Waals surface area contributed by atoms with Crippen molar-refractivity contribution in [2.45, 2.75) is 24.8 Å². The van der Waals surface area contributed by atoms with Gasteiger partial charge in [-0.2, -0.15) is 4.31 Å². The molecule has 1 aliphatic rings. The molecular formula is C24H33FN4O3S. The van der Waals surface area contributed by atoms with Crippen LogP contribution in [0, 0.1) is 11.7 Å². The normalized spacial score (nSPS) is 16.3. The first kappa shape index (κ1) is 25.1. The summed E-state index contributed by atoms with van der Waals surface area (Å²) >= 11 is 0. The summed E-state index contributed by atoms with van der Waals surface area (Å²) in [5.74, 6) is -0.230. The lowest BCUT2D eigenvalue weighted by atomic mass is 10.0. The molecule has 0 aliphatic carbocycles. The van der Waals surface area contributed by atoms with Crippen molar-refractivity contribution in [2.24, 2.45) is 5.92 Å². The maximum Gasteiger partial charge on any atom is 0.251 e. The molecule has 1 saturated heterocycles. The topological polar surface area (TPSA) is 73.0 Å². The van der Waals surface area contributed by atoms with Gasteiger partial charge >= 0.3 is 0 Å². The Bertz CT molecular complexity index is 1040. The summed E-state index contributed by atoms with van der Waals surface area (Å²) in [6.07, 6.45) is 0. The highest BCUT2D eigenvalue weighted by atomic mass is 32.2.